The fourth-order valence-electron chi connectivity index (χ4n) is 1.39. The van der Waals surface area contributed by atoms with Crippen molar-refractivity contribution in [3.63, 3.8) is 0 Å². The van der Waals surface area contributed by atoms with Crippen LogP contribution >= 0.6 is 0 Å². The minimum Gasteiger partial charge on any atom is -0.399 e. The molecule has 0 saturated carbocycles. The van der Waals surface area contributed by atoms with Gasteiger partial charge in [0.1, 0.15) is 0 Å². The Morgan fingerprint density at radius 2 is 1.05 bits per heavy atom. The zero-order valence-corrected chi connectivity index (χ0v) is 12.3. The smallest absolute Gasteiger partial charge is 0.0313 e. The monoisotopic (exact) mass is 282 g/mol. The number of rotatable bonds is 10. The quantitative estimate of drug-likeness (QED) is 0.241. The molecule has 0 amide bonds. The van der Waals surface area contributed by atoms with Crippen molar-refractivity contribution in [2.24, 2.45) is 11.5 Å². The van der Waals surface area contributed by atoms with Gasteiger partial charge in [0, 0.05) is 58.0 Å². The van der Waals surface area contributed by atoms with E-state index in [2.05, 4.69) is 16.0 Å². The van der Waals surface area contributed by atoms with Gasteiger partial charge in [-0.05, 0) is 12.1 Å². The average molecular weight is 282 g/mol. The van der Waals surface area contributed by atoms with Crippen LogP contribution in [0.3, 0.4) is 0 Å². The van der Waals surface area contributed by atoms with Crippen molar-refractivity contribution in [2.45, 2.75) is 0 Å². The van der Waals surface area contributed by atoms with Crippen molar-refractivity contribution in [2.75, 3.05) is 58.1 Å². The SMILES string of the molecule is NCCNCCNCCNCCN.Nc1ccccc1. The third kappa shape index (κ3) is 14.9. The zero-order chi connectivity index (χ0) is 14.9. The lowest BCUT2D eigenvalue weighted by molar-refractivity contribution is 0.586. The van der Waals surface area contributed by atoms with Gasteiger partial charge in [0.15, 0.2) is 0 Å². The van der Waals surface area contributed by atoms with Crippen LogP contribution in [0.4, 0.5) is 5.69 Å². The standard InChI is InChI=1S/C8H23N5.C6H7N/c9-1-3-11-5-7-13-8-6-12-4-2-10;7-6-4-2-1-3-5-6/h11-13H,1-10H2;1-5H,7H2. The highest BCUT2D eigenvalue weighted by atomic mass is 15.0. The minimum atomic E-state index is 0.706. The van der Waals surface area contributed by atoms with Crippen molar-refractivity contribution in [3.05, 3.63) is 30.3 Å². The van der Waals surface area contributed by atoms with E-state index in [1.54, 1.807) is 0 Å². The molecule has 0 heterocycles. The van der Waals surface area contributed by atoms with Gasteiger partial charge in [-0.3, -0.25) is 0 Å². The highest BCUT2D eigenvalue weighted by molar-refractivity contribution is 5.35. The van der Waals surface area contributed by atoms with Crippen LogP contribution in [0.5, 0.6) is 0 Å². The molecule has 0 spiro atoms. The first kappa shape index (κ1) is 18.8. The number of hydrogen-bond donors (Lipinski definition) is 6. The number of nitrogens with two attached hydrogens (primary N) is 3. The largest absolute Gasteiger partial charge is 0.399 e. The summed E-state index contributed by atoms with van der Waals surface area (Å²) in [4.78, 5) is 0. The van der Waals surface area contributed by atoms with E-state index in [9.17, 15) is 0 Å². The fourth-order valence-corrected chi connectivity index (χ4v) is 1.39. The summed E-state index contributed by atoms with van der Waals surface area (Å²) >= 11 is 0. The summed E-state index contributed by atoms with van der Waals surface area (Å²) in [6.45, 7) is 7.15. The van der Waals surface area contributed by atoms with Gasteiger partial charge in [-0.2, -0.15) is 0 Å². The first-order chi connectivity index (χ1) is 9.81. The van der Waals surface area contributed by atoms with Crippen LogP contribution < -0.4 is 33.2 Å². The molecule has 0 radical (unpaired) electrons. The van der Waals surface area contributed by atoms with Crippen LogP contribution in [0.25, 0.3) is 0 Å². The molecule has 0 aromatic heterocycles. The Kier molecular flexibility index (Phi) is 14.9. The Bertz CT molecular complexity index is 270. The molecule has 0 aliphatic rings. The van der Waals surface area contributed by atoms with Gasteiger partial charge >= 0.3 is 0 Å². The molecule has 0 unspecified atom stereocenters. The van der Waals surface area contributed by atoms with Gasteiger partial charge in [0.25, 0.3) is 0 Å². The molecule has 0 fully saturated rings. The van der Waals surface area contributed by atoms with E-state index >= 15 is 0 Å². The van der Waals surface area contributed by atoms with Crippen LogP contribution in [0.1, 0.15) is 0 Å². The first-order valence-electron chi connectivity index (χ1n) is 7.14. The lowest BCUT2D eigenvalue weighted by Gasteiger charge is -2.06. The van der Waals surface area contributed by atoms with E-state index in [1.165, 1.54) is 0 Å². The van der Waals surface area contributed by atoms with Gasteiger partial charge in [0.2, 0.25) is 0 Å². The number of nitrogen functional groups attached to an aromatic ring is 1. The van der Waals surface area contributed by atoms with Gasteiger partial charge in [-0.1, -0.05) is 18.2 Å². The van der Waals surface area contributed by atoms with Crippen molar-refractivity contribution in [1.29, 1.82) is 0 Å². The molecular weight excluding hydrogens is 252 g/mol. The van der Waals surface area contributed by atoms with E-state index in [-0.39, 0.29) is 0 Å². The topological polar surface area (TPSA) is 114 Å². The summed E-state index contributed by atoms with van der Waals surface area (Å²) in [7, 11) is 0. The Hall–Kier alpha value is -1.18. The summed E-state index contributed by atoms with van der Waals surface area (Å²) in [5.41, 5.74) is 16.8. The van der Waals surface area contributed by atoms with Crippen LogP contribution in [-0.4, -0.2) is 52.4 Å². The highest BCUT2D eigenvalue weighted by Gasteiger charge is 1.87. The third-order valence-electron chi connectivity index (χ3n) is 2.40. The number of hydrogen-bond acceptors (Lipinski definition) is 6. The molecule has 6 heteroatoms. The zero-order valence-electron chi connectivity index (χ0n) is 12.3. The molecule has 6 nitrogen and oxygen atoms in total. The number of para-hydroxylation sites is 1. The molecule has 0 aliphatic heterocycles. The Labute approximate surface area is 122 Å². The molecule has 116 valence electrons. The molecule has 0 atom stereocenters. The minimum absolute atomic E-state index is 0.706. The summed E-state index contributed by atoms with van der Waals surface area (Å²) in [5, 5.41) is 9.71. The van der Waals surface area contributed by atoms with Gasteiger partial charge in [-0.15, -0.1) is 0 Å². The second kappa shape index (κ2) is 15.9. The average Bonchev–Trinajstić information content (AvgIpc) is 2.47. The normalized spacial score (nSPS) is 9.90. The van der Waals surface area contributed by atoms with Crippen molar-refractivity contribution in [1.82, 2.24) is 16.0 Å². The van der Waals surface area contributed by atoms with E-state index in [0.717, 1.165) is 45.0 Å². The molecule has 9 N–H and O–H groups in total. The lowest BCUT2D eigenvalue weighted by atomic mass is 10.3. The predicted molar refractivity (Wildman–Crippen MR) is 87.6 cm³/mol. The second-order valence-electron chi connectivity index (χ2n) is 4.24. The molecule has 1 rings (SSSR count). The van der Waals surface area contributed by atoms with E-state index in [0.29, 0.717) is 13.1 Å². The summed E-state index contributed by atoms with van der Waals surface area (Å²) in [6.07, 6.45) is 0. The maximum atomic E-state index is 5.36. The van der Waals surface area contributed by atoms with Gasteiger partial charge in [0.05, 0.1) is 0 Å². The van der Waals surface area contributed by atoms with E-state index < -0.39 is 0 Å². The van der Waals surface area contributed by atoms with Crippen LogP contribution in [0.15, 0.2) is 30.3 Å². The van der Waals surface area contributed by atoms with Crippen LogP contribution in [0.2, 0.25) is 0 Å². The molecule has 0 aliphatic carbocycles. The maximum Gasteiger partial charge on any atom is 0.0313 e. The molecule has 0 saturated heterocycles. The fraction of sp³-hybridized carbons (Fsp3) is 0.571. The predicted octanol–water partition coefficient (Wildman–Crippen LogP) is -1.06. The van der Waals surface area contributed by atoms with Gasteiger partial charge < -0.3 is 33.2 Å². The molecule has 0 bridgehead atoms. The van der Waals surface area contributed by atoms with Crippen molar-refractivity contribution < 1.29 is 0 Å². The van der Waals surface area contributed by atoms with E-state index in [1.807, 2.05) is 30.3 Å². The Morgan fingerprint density at radius 1 is 0.650 bits per heavy atom. The second-order valence-corrected chi connectivity index (χ2v) is 4.24. The van der Waals surface area contributed by atoms with Crippen LogP contribution in [0, 0.1) is 0 Å². The third-order valence-corrected chi connectivity index (χ3v) is 2.40. The highest BCUT2D eigenvalue weighted by Crippen LogP contribution is 1.95. The maximum absolute atomic E-state index is 5.36. The summed E-state index contributed by atoms with van der Waals surface area (Å²) < 4.78 is 0. The first-order valence-corrected chi connectivity index (χ1v) is 7.14. The molecular formula is C14H30N6. The van der Waals surface area contributed by atoms with Gasteiger partial charge in [-0.25, -0.2) is 0 Å². The Balaban J connectivity index is 0.000000428. The Morgan fingerprint density at radius 3 is 1.35 bits per heavy atom. The van der Waals surface area contributed by atoms with Crippen LogP contribution in [-0.2, 0) is 0 Å². The molecule has 1 aromatic rings. The number of anilines is 1. The van der Waals surface area contributed by atoms with E-state index in [4.69, 9.17) is 17.2 Å². The summed E-state index contributed by atoms with van der Waals surface area (Å²) in [6, 6.07) is 9.49. The number of benzene rings is 1. The lowest BCUT2D eigenvalue weighted by Crippen LogP contribution is -2.35. The van der Waals surface area contributed by atoms with Crippen molar-refractivity contribution in [3.8, 4) is 0 Å². The molecule has 20 heavy (non-hydrogen) atoms. The molecule has 1 aromatic carbocycles. The number of nitrogens with one attached hydrogen (secondary N) is 3. The van der Waals surface area contributed by atoms with Crippen molar-refractivity contribution >= 4 is 5.69 Å². The summed E-state index contributed by atoms with van der Waals surface area (Å²) in [5.74, 6) is 0.